The van der Waals surface area contributed by atoms with E-state index < -0.39 is 41.8 Å². The fourth-order valence-corrected chi connectivity index (χ4v) is 1.51. The molecule has 0 saturated carbocycles. The molecule has 128 valence electrons. The van der Waals surface area contributed by atoms with Gasteiger partial charge >= 0.3 is 18.0 Å². The first-order valence-corrected chi connectivity index (χ1v) is 6.79. The Morgan fingerprint density at radius 1 is 1.14 bits per heavy atom. The monoisotopic (exact) mass is 323 g/mol. The highest BCUT2D eigenvalue weighted by Crippen LogP contribution is 2.25. The molecular formula is C14H23F2NO5. The summed E-state index contributed by atoms with van der Waals surface area (Å²) >= 11 is 0. The second kappa shape index (κ2) is 7.51. The van der Waals surface area contributed by atoms with Gasteiger partial charge in [-0.2, -0.15) is 8.78 Å². The Hall–Kier alpha value is -1.73. The zero-order valence-electron chi connectivity index (χ0n) is 13.7. The van der Waals surface area contributed by atoms with Crippen LogP contribution in [0.4, 0.5) is 13.6 Å². The number of carbonyl (C=O) groups is 3. The molecule has 0 saturated heterocycles. The lowest BCUT2D eigenvalue weighted by molar-refractivity contribution is -0.164. The SMILES string of the molecule is COC(=O)C(NC(=O)OC(C)(C)C)C(F)(F)C(=O)CC(C)C. The van der Waals surface area contributed by atoms with Crippen molar-refractivity contribution in [2.75, 3.05) is 7.11 Å². The molecule has 0 aromatic carbocycles. The number of Topliss-reactive ketones (excluding diaryl/α,β-unsaturated/α-hetero) is 1. The number of hydrogen-bond donors (Lipinski definition) is 1. The smallest absolute Gasteiger partial charge is 0.408 e. The fraction of sp³-hybridized carbons (Fsp3) is 0.786. The lowest BCUT2D eigenvalue weighted by Crippen LogP contribution is -2.57. The topological polar surface area (TPSA) is 81.7 Å². The molecule has 22 heavy (non-hydrogen) atoms. The number of nitrogens with one attached hydrogen (secondary N) is 1. The van der Waals surface area contributed by atoms with Crippen LogP contribution in [0.3, 0.4) is 0 Å². The van der Waals surface area contributed by atoms with Gasteiger partial charge < -0.3 is 14.8 Å². The molecule has 1 amide bonds. The Kier molecular flexibility index (Phi) is 6.92. The molecule has 0 aliphatic heterocycles. The maximum atomic E-state index is 14.2. The number of amides is 1. The first kappa shape index (κ1) is 20.3. The largest absolute Gasteiger partial charge is 0.467 e. The van der Waals surface area contributed by atoms with Crippen LogP contribution in [0.2, 0.25) is 0 Å². The Morgan fingerprint density at radius 3 is 2.00 bits per heavy atom. The van der Waals surface area contributed by atoms with Crippen LogP contribution in [-0.2, 0) is 19.1 Å². The summed E-state index contributed by atoms with van der Waals surface area (Å²) in [6.07, 6.45) is -1.67. The standard InChI is InChI=1S/C14H23F2NO5/c1-8(2)7-9(18)14(15,16)10(11(19)21-6)17-12(20)22-13(3,4)5/h8,10H,7H2,1-6H3,(H,17,20). The number of methoxy groups -OCH3 is 1. The normalized spacial score (nSPS) is 13.5. The Morgan fingerprint density at radius 2 is 1.64 bits per heavy atom. The number of alkyl halides is 2. The summed E-state index contributed by atoms with van der Waals surface area (Å²) < 4.78 is 37.4. The van der Waals surface area contributed by atoms with Crippen molar-refractivity contribution in [3.63, 3.8) is 0 Å². The second-order valence-corrected chi connectivity index (χ2v) is 6.25. The molecule has 0 bridgehead atoms. The molecule has 0 heterocycles. The summed E-state index contributed by atoms with van der Waals surface area (Å²) in [6, 6.07) is -2.43. The minimum Gasteiger partial charge on any atom is -0.467 e. The van der Waals surface area contributed by atoms with Crippen LogP contribution in [-0.4, -0.2) is 42.5 Å². The van der Waals surface area contributed by atoms with E-state index in [-0.39, 0.29) is 5.92 Å². The van der Waals surface area contributed by atoms with E-state index in [1.165, 1.54) is 20.8 Å². The summed E-state index contributed by atoms with van der Waals surface area (Å²) in [7, 11) is 0.884. The highest BCUT2D eigenvalue weighted by atomic mass is 19.3. The molecule has 1 N–H and O–H groups in total. The molecule has 0 radical (unpaired) electrons. The number of halogens is 2. The van der Waals surface area contributed by atoms with Crippen molar-refractivity contribution in [2.45, 2.75) is 58.6 Å². The fourth-order valence-electron chi connectivity index (χ4n) is 1.51. The quantitative estimate of drug-likeness (QED) is 0.759. The van der Waals surface area contributed by atoms with E-state index in [0.29, 0.717) is 0 Å². The van der Waals surface area contributed by atoms with Crippen LogP contribution >= 0.6 is 0 Å². The van der Waals surface area contributed by atoms with E-state index in [0.717, 1.165) is 7.11 Å². The van der Waals surface area contributed by atoms with Crippen LogP contribution < -0.4 is 5.32 Å². The first-order chi connectivity index (χ1) is 9.81. The van der Waals surface area contributed by atoms with Gasteiger partial charge in [-0.3, -0.25) is 4.79 Å². The van der Waals surface area contributed by atoms with Crippen molar-refractivity contribution in [1.29, 1.82) is 0 Å². The second-order valence-electron chi connectivity index (χ2n) is 6.25. The molecule has 1 unspecified atom stereocenters. The van der Waals surface area contributed by atoms with Crippen molar-refractivity contribution in [3.8, 4) is 0 Å². The number of esters is 1. The van der Waals surface area contributed by atoms with Gasteiger partial charge in [0, 0.05) is 6.42 Å². The average molecular weight is 323 g/mol. The van der Waals surface area contributed by atoms with Crippen molar-refractivity contribution in [2.24, 2.45) is 5.92 Å². The lowest BCUT2D eigenvalue weighted by atomic mass is 9.98. The van der Waals surface area contributed by atoms with E-state index in [4.69, 9.17) is 4.74 Å². The van der Waals surface area contributed by atoms with Gasteiger partial charge in [0.2, 0.25) is 11.8 Å². The number of carbonyl (C=O) groups excluding carboxylic acids is 3. The third-order valence-corrected chi connectivity index (χ3v) is 2.43. The average Bonchev–Trinajstić information content (AvgIpc) is 2.31. The van der Waals surface area contributed by atoms with E-state index in [2.05, 4.69) is 4.74 Å². The predicted octanol–water partition coefficient (Wildman–Crippen LogP) is 2.30. The molecule has 1 atom stereocenters. The van der Waals surface area contributed by atoms with Crippen molar-refractivity contribution in [3.05, 3.63) is 0 Å². The molecule has 0 aromatic heterocycles. The minimum absolute atomic E-state index is 0.321. The molecule has 0 fully saturated rings. The molecule has 6 nitrogen and oxygen atoms in total. The van der Waals surface area contributed by atoms with Gasteiger partial charge in [0.25, 0.3) is 0 Å². The van der Waals surface area contributed by atoms with Gasteiger partial charge in [-0.1, -0.05) is 13.8 Å². The highest BCUT2D eigenvalue weighted by molar-refractivity contribution is 5.94. The van der Waals surface area contributed by atoms with Crippen molar-refractivity contribution < 1.29 is 32.6 Å². The number of alkyl carbamates (subject to hydrolysis) is 1. The number of ketones is 1. The van der Waals surface area contributed by atoms with Gasteiger partial charge in [0.1, 0.15) is 5.60 Å². The van der Waals surface area contributed by atoms with Gasteiger partial charge in [-0.05, 0) is 26.7 Å². The maximum Gasteiger partial charge on any atom is 0.408 e. The van der Waals surface area contributed by atoms with Gasteiger partial charge in [-0.25, -0.2) is 9.59 Å². The van der Waals surface area contributed by atoms with Crippen molar-refractivity contribution in [1.82, 2.24) is 5.32 Å². The van der Waals surface area contributed by atoms with Crippen molar-refractivity contribution >= 4 is 17.8 Å². The predicted molar refractivity (Wildman–Crippen MR) is 74.6 cm³/mol. The van der Waals surface area contributed by atoms with E-state index >= 15 is 0 Å². The molecule has 8 heteroatoms. The zero-order chi connectivity index (χ0) is 17.7. The van der Waals surface area contributed by atoms with E-state index in [1.807, 2.05) is 0 Å². The van der Waals surface area contributed by atoms with Crippen LogP contribution in [0, 0.1) is 5.92 Å². The Balaban J connectivity index is 5.24. The van der Waals surface area contributed by atoms with Gasteiger partial charge in [-0.15, -0.1) is 0 Å². The van der Waals surface area contributed by atoms with E-state index in [9.17, 15) is 23.2 Å². The highest BCUT2D eigenvalue weighted by Gasteiger charge is 2.52. The minimum atomic E-state index is -4.09. The van der Waals surface area contributed by atoms with Crippen LogP contribution in [0.5, 0.6) is 0 Å². The van der Waals surface area contributed by atoms with Crippen LogP contribution in [0.1, 0.15) is 41.0 Å². The summed E-state index contributed by atoms with van der Waals surface area (Å²) in [5.41, 5.74) is -0.942. The maximum absolute atomic E-state index is 14.2. The number of rotatable bonds is 6. The summed E-state index contributed by atoms with van der Waals surface area (Å²) in [4.78, 5) is 34.8. The lowest BCUT2D eigenvalue weighted by Gasteiger charge is -2.27. The van der Waals surface area contributed by atoms with Crippen LogP contribution in [0.25, 0.3) is 0 Å². The molecule has 0 aromatic rings. The van der Waals surface area contributed by atoms with Gasteiger partial charge in [0.15, 0.2) is 0 Å². The van der Waals surface area contributed by atoms with Crippen LogP contribution in [0.15, 0.2) is 0 Å². The third kappa shape index (κ3) is 6.36. The first-order valence-electron chi connectivity index (χ1n) is 6.79. The molecule has 0 aliphatic carbocycles. The Bertz CT molecular complexity index is 429. The number of ether oxygens (including phenoxy) is 2. The third-order valence-electron chi connectivity index (χ3n) is 2.43. The van der Waals surface area contributed by atoms with Gasteiger partial charge in [0.05, 0.1) is 7.11 Å². The summed E-state index contributed by atoms with van der Waals surface area (Å²) in [5, 5.41) is 1.71. The van der Waals surface area contributed by atoms with E-state index in [1.54, 1.807) is 19.2 Å². The number of hydrogen-bond acceptors (Lipinski definition) is 5. The summed E-state index contributed by atoms with van der Waals surface area (Å²) in [6.45, 7) is 7.76. The zero-order valence-corrected chi connectivity index (χ0v) is 13.7. The molecular weight excluding hydrogens is 300 g/mol. The Labute approximate surface area is 128 Å². The molecule has 0 rings (SSSR count). The molecule has 0 spiro atoms. The summed E-state index contributed by atoms with van der Waals surface area (Å²) in [5.74, 6) is -7.28. The molecule has 0 aliphatic rings.